The Kier molecular flexibility index (Phi) is 3.12. The number of hydrogen-bond acceptors (Lipinski definition) is 3. The third-order valence-electron chi connectivity index (χ3n) is 2.92. The molecule has 19 heavy (non-hydrogen) atoms. The first-order valence-corrected chi connectivity index (χ1v) is 5.73. The predicted molar refractivity (Wildman–Crippen MR) is 72.9 cm³/mol. The lowest BCUT2D eigenvalue weighted by atomic mass is 10.1. The van der Waals surface area contributed by atoms with Gasteiger partial charge in [0.2, 0.25) is 0 Å². The van der Waals surface area contributed by atoms with E-state index in [1.165, 1.54) is 24.3 Å². The number of aromatic carboxylic acids is 1. The van der Waals surface area contributed by atoms with Gasteiger partial charge in [-0.3, -0.25) is 4.79 Å². The van der Waals surface area contributed by atoms with E-state index in [1.54, 1.807) is 19.9 Å². The summed E-state index contributed by atoms with van der Waals surface area (Å²) in [5.74, 6) is -1.02. The van der Waals surface area contributed by atoms with Crippen LogP contribution in [0.2, 0.25) is 0 Å². The number of pyridine rings is 1. The van der Waals surface area contributed by atoms with Crippen molar-refractivity contribution in [2.45, 2.75) is 13.8 Å². The first kappa shape index (κ1) is 12.9. The van der Waals surface area contributed by atoms with Crippen LogP contribution in [-0.2, 0) is 0 Å². The quantitative estimate of drug-likeness (QED) is 0.803. The Labute approximate surface area is 109 Å². The fraction of sp³-hybridized carbons (Fsp3) is 0.143. The molecule has 1 aromatic heterocycles. The Hall–Kier alpha value is -2.56. The number of carbonyl (C=O) groups is 1. The van der Waals surface area contributed by atoms with E-state index in [9.17, 15) is 9.59 Å². The van der Waals surface area contributed by atoms with Crippen LogP contribution in [0.25, 0.3) is 5.69 Å². The molecule has 0 unspecified atom stereocenters. The SMILES string of the molecule is Cc1cc(=O)cc(C)n1-c1ccc(C(=O)O)cc1N. The molecule has 0 spiro atoms. The molecule has 1 aromatic carbocycles. The van der Waals surface area contributed by atoms with Crippen molar-refractivity contribution < 1.29 is 9.90 Å². The second-order valence-electron chi connectivity index (χ2n) is 4.39. The number of nitrogens with two attached hydrogens (primary N) is 1. The Morgan fingerprint density at radius 3 is 2.21 bits per heavy atom. The lowest BCUT2D eigenvalue weighted by molar-refractivity contribution is 0.0697. The van der Waals surface area contributed by atoms with Crippen molar-refractivity contribution in [2.75, 3.05) is 5.73 Å². The van der Waals surface area contributed by atoms with E-state index in [0.29, 0.717) is 11.4 Å². The molecule has 0 aliphatic heterocycles. The molecule has 0 fully saturated rings. The summed E-state index contributed by atoms with van der Waals surface area (Å²) in [4.78, 5) is 22.3. The van der Waals surface area contributed by atoms with E-state index in [-0.39, 0.29) is 11.0 Å². The summed E-state index contributed by atoms with van der Waals surface area (Å²) in [5, 5.41) is 8.91. The molecule has 1 heterocycles. The average molecular weight is 258 g/mol. The molecule has 98 valence electrons. The van der Waals surface area contributed by atoms with Gasteiger partial charge in [0.25, 0.3) is 0 Å². The molecule has 0 aliphatic carbocycles. The van der Waals surface area contributed by atoms with E-state index in [2.05, 4.69) is 0 Å². The fourth-order valence-corrected chi connectivity index (χ4v) is 2.13. The van der Waals surface area contributed by atoms with Crippen LogP contribution in [0.4, 0.5) is 5.69 Å². The first-order chi connectivity index (χ1) is 8.90. The van der Waals surface area contributed by atoms with Crippen LogP contribution in [0.5, 0.6) is 0 Å². The molecule has 0 saturated heterocycles. The number of aryl methyl sites for hydroxylation is 2. The Bertz CT molecular complexity index is 691. The smallest absolute Gasteiger partial charge is 0.335 e. The number of benzene rings is 1. The van der Waals surface area contributed by atoms with Gasteiger partial charge in [-0.2, -0.15) is 0 Å². The van der Waals surface area contributed by atoms with Gasteiger partial charge in [0.15, 0.2) is 5.43 Å². The number of nitrogens with zero attached hydrogens (tertiary/aromatic N) is 1. The maximum atomic E-state index is 11.4. The monoisotopic (exact) mass is 258 g/mol. The van der Waals surface area contributed by atoms with Crippen molar-refractivity contribution in [3.05, 3.63) is 57.5 Å². The van der Waals surface area contributed by atoms with Gasteiger partial charge in [0.05, 0.1) is 16.9 Å². The summed E-state index contributed by atoms with van der Waals surface area (Å²) < 4.78 is 1.82. The van der Waals surface area contributed by atoms with Gasteiger partial charge in [-0.25, -0.2) is 4.79 Å². The average Bonchev–Trinajstić information content (AvgIpc) is 2.29. The van der Waals surface area contributed by atoms with Gasteiger partial charge in [-0.1, -0.05) is 0 Å². The molecular weight excluding hydrogens is 244 g/mol. The maximum absolute atomic E-state index is 11.4. The topological polar surface area (TPSA) is 85.3 Å². The predicted octanol–water partition coefficient (Wildman–Crippen LogP) is 1.73. The van der Waals surface area contributed by atoms with Gasteiger partial charge in [-0.05, 0) is 32.0 Å². The van der Waals surface area contributed by atoms with Gasteiger partial charge in [-0.15, -0.1) is 0 Å². The van der Waals surface area contributed by atoms with Gasteiger partial charge < -0.3 is 15.4 Å². The van der Waals surface area contributed by atoms with Crippen molar-refractivity contribution in [3.8, 4) is 5.69 Å². The van der Waals surface area contributed by atoms with E-state index in [0.717, 1.165) is 11.4 Å². The van der Waals surface area contributed by atoms with Gasteiger partial charge in [0.1, 0.15) is 0 Å². The van der Waals surface area contributed by atoms with Crippen LogP contribution < -0.4 is 11.2 Å². The highest BCUT2D eigenvalue weighted by Gasteiger charge is 2.10. The Morgan fingerprint density at radius 2 is 1.74 bits per heavy atom. The van der Waals surface area contributed by atoms with Crippen molar-refractivity contribution in [1.82, 2.24) is 4.57 Å². The largest absolute Gasteiger partial charge is 0.478 e. The summed E-state index contributed by atoms with van der Waals surface area (Å²) >= 11 is 0. The summed E-state index contributed by atoms with van der Waals surface area (Å²) in [7, 11) is 0. The Balaban J connectivity index is 2.66. The van der Waals surface area contributed by atoms with Crippen LogP contribution in [0, 0.1) is 13.8 Å². The number of rotatable bonds is 2. The zero-order valence-electron chi connectivity index (χ0n) is 10.7. The highest BCUT2D eigenvalue weighted by Crippen LogP contribution is 2.21. The third kappa shape index (κ3) is 2.35. The molecule has 2 aromatic rings. The number of hydrogen-bond donors (Lipinski definition) is 2. The second kappa shape index (κ2) is 4.61. The molecule has 0 radical (unpaired) electrons. The minimum atomic E-state index is -1.02. The second-order valence-corrected chi connectivity index (χ2v) is 4.39. The summed E-state index contributed by atoms with van der Waals surface area (Å²) in [6.07, 6.45) is 0. The van der Waals surface area contributed by atoms with Crippen LogP contribution in [0.1, 0.15) is 21.7 Å². The highest BCUT2D eigenvalue weighted by molar-refractivity contribution is 5.89. The standard InChI is InChI=1S/C14H14N2O3/c1-8-5-11(17)6-9(2)16(8)13-4-3-10(14(18)19)7-12(13)15/h3-7H,15H2,1-2H3,(H,18,19). The zero-order chi connectivity index (χ0) is 14.2. The number of aromatic nitrogens is 1. The minimum Gasteiger partial charge on any atom is -0.478 e. The van der Waals surface area contributed by atoms with E-state index < -0.39 is 5.97 Å². The normalized spacial score (nSPS) is 10.4. The summed E-state index contributed by atoms with van der Waals surface area (Å²) in [5.41, 5.74) is 8.50. The van der Waals surface area contributed by atoms with Crippen molar-refractivity contribution >= 4 is 11.7 Å². The minimum absolute atomic E-state index is 0.0630. The van der Waals surface area contributed by atoms with Crippen LogP contribution in [0.3, 0.4) is 0 Å². The summed E-state index contributed by atoms with van der Waals surface area (Å²) in [6, 6.07) is 7.57. The maximum Gasteiger partial charge on any atom is 0.335 e. The lowest BCUT2D eigenvalue weighted by Crippen LogP contribution is -2.13. The molecule has 3 N–H and O–H groups in total. The molecule has 0 saturated carbocycles. The Morgan fingerprint density at radius 1 is 1.16 bits per heavy atom. The third-order valence-corrected chi connectivity index (χ3v) is 2.92. The number of carboxylic acids is 1. The van der Waals surface area contributed by atoms with Crippen LogP contribution >= 0.6 is 0 Å². The van der Waals surface area contributed by atoms with E-state index >= 15 is 0 Å². The van der Waals surface area contributed by atoms with Crippen molar-refractivity contribution in [2.24, 2.45) is 0 Å². The fourth-order valence-electron chi connectivity index (χ4n) is 2.13. The molecule has 0 amide bonds. The van der Waals surface area contributed by atoms with Gasteiger partial charge in [0, 0.05) is 23.5 Å². The molecule has 5 nitrogen and oxygen atoms in total. The lowest BCUT2D eigenvalue weighted by Gasteiger charge is -2.16. The number of nitrogen functional groups attached to an aromatic ring is 1. The number of anilines is 1. The zero-order valence-corrected chi connectivity index (χ0v) is 10.7. The highest BCUT2D eigenvalue weighted by atomic mass is 16.4. The van der Waals surface area contributed by atoms with Gasteiger partial charge >= 0.3 is 5.97 Å². The van der Waals surface area contributed by atoms with E-state index in [1.807, 2.05) is 4.57 Å². The van der Waals surface area contributed by atoms with Crippen LogP contribution in [-0.4, -0.2) is 15.6 Å². The molecule has 0 aliphatic rings. The van der Waals surface area contributed by atoms with Crippen molar-refractivity contribution in [3.63, 3.8) is 0 Å². The first-order valence-electron chi connectivity index (χ1n) is 5.73. The number of carboxylic acid groups (broad SMARTS) is 1. The van der Waals surface area contributed by atoms with Crippen molar-refractivity contribution in [1.29, 1.82) is 0 Å². The molecular formula is C14H14N2O3. The summed E-state index contributed by atoms with van der Waals surface area (Å²) in [6.45, 7) is 3.61. The molecule has 5 heteroatoms. The molecule has 2 rings (SSSR count). The van der Waals surface area contributed by atoms with E-state index in [4.69, 9.17) is 10.8 Å². The molecule has 0 atom stereocenters. The van der Waals surface area contributed by atoms with Crippen LogP contribution in [0.15, 0.2) is 35.1 Å². The molecule has 0 bridgehead atoms.